The van der Waals surface area contributed by atoms with Gasteiger partial charge in [-0.05, 0) is 14.0 Å². The molecule has 0 aromatic heterocycles. The minimum absolute atomic E-state index is 0. The van der Waals surface area contributed by atoms with E-state index < -0.39 is 30.7 Å². The smallest absolute Gasteiger partial charge is 0.412 e. The van der Waals surface area contributed by atoms with Crippen LogP contribution in [-0.4, -0.2) is 51.2 Å². The molecule has 20 nitrogen and oxygen atoms in total. The zero-order valence-corrected chi connectivity index (χ0v) is 16.2. The van der Waals surface area contributed by atoms with Crippen LogP contribution in [0.3, 0.4) is 0 Å². The van der Waals surface area contributed by atoms with E-state index in [2.05, 4.69) is 5.32 Å². The summed E-state index contributed by atoms with van der Waals surface area (Å²) in [5.74, 6) is 0. The Morgan fingerprint density at radius 1 is 0.556 bits per heavy atom. The summed E-state index contributed by atoms with van der Waals surface area (Å²) in [6.07, 6.45) is -0.366. The number of halogens is 3. The topological polar surface area (TPSA) is 498 Å². The molecule has 0 fully saturated rings. The van der Waals surface area contributed by atoms with Gasteiger partial charge in [0.25, 0.3) is 0 Å². The van der Waals surface area contributed by atoms with Crippen molar-refractivity contribution >= 4 is 0 Å². The third kappa shape index (κ3) is 2420. The van der Waals surface area contributed by atoms with E-state index in [9.17, 15) is 0 Å². The Balaban J connectivity index is -0.0000000129. The fourth-order valence-electron chi connectivity index (χ4n) is 0. The van der Waals surface area contributed by atoms with Crippen molar-refractivity contribution in [3.05, 3.63) is 0 Å². The number of hydrogen-bond acceptors (Lipinski definition) is 14. The molecule has 0 saturated carbocycles. The molecule has 0 aromatic rings. The van der Waals surface area contributed by atoms with Crippen molar-refractivity contribution in [2.24, 2.45) is 0 Å². The summed E-state index contributed by atoms with van der Waals surface area (Å²) < 4.78 is 102. The Bertz CT molecular complexity index is 157. The maximum absolute atomic E-state index is 8.49. The van der Waals surface area contributed by atoms with Crippen LogP contribution in [0.4, 0.5) is 0 Å². The van der Waals surface area contributed by atoms with Crippen LogP contribution in [0, 0.1) is 30.7 Å². The van der Waals surface area contributed by atoms with Crippen molar-refractivity contribution in [3.8, 4) is 0 Å². The van der Waals surface area contributed by atoms with Gasteiger partial charge in [0, 0.05) is 0 Å². The molecule has 24 heteroatoms. The van der Waals surface area contributed by atoms with E-state index in [1.807, 2.05) is 0 Å². The Hall–Kier alpha value is 0.576. The van der Waals surface area contributed by atoms with Gasteiger partial charge in [-0.2, -0.15) is 0 Å². The van der Waals surface area contributed by atoms with Crippen molar-refractivity contribution in [1.29, 1.82) is 0 Å². The molecule has 0 heterocycles. The second-order valence-corrected chi connectivity index (χ2v) is 4.37. The molecular formula is C3H21Cl3CoNO19. The van der Waals surface area contributed by atoms with Crippen molar-refractivity contribution in [1.82, 2.24) is 5.32 Å². The van der Waals surface area contributed by atoms with Gasteiger partial charge in [-0.25, -0.2) is 55.9 Å². The molecule has 0 aliphatic rings. The fourth-order valence-corrected chi connectivity index (χ4v) is 0. The molecule has 0 radical (unpaired) electrons. The maximum Gasteiger partial charge on any atom is 3.00 e. The monoisotopic (exact) mass is 539 g/mol. The molecular weight excluding hydrogens is 519 g/mol. The Morgan fingerprint density at radius 2 is 0.593 bits per heavy atom. The summed E-state index contributed by atoms with van der Waals surface area (Å²) in [7, 11) is -13.1. The van der Waals surface area contributed by atoms with E-state index in [-0.39, 0.29) is 55.9 Å². The van der Waals surface area contributed by atoms with Crippen LogP contribution in [0.25, 0.3) is 0 Å². The van der Waals surface area contributed by atoms with Crippen molar-refractivity contribution in [2.75, 3.05) is 7.05 Å². The number of nitrogens with one attached hydrogen (secondary N) is 1. The standard InChI is InChI=1S/C3H9NO.3ClHO4.Co.6H2O/c1-3(5)4-2;3*2-1(3,4)5;;;;;;;/h3-5H,1-2H3;3*(H,2,3,4,5);;6*1H2/q;;;;+3;;;;;;/p-3. The van der Waals surface area contributed by atoms with Crippen LogP contribution < -0.4 is 61.2 Å². The van der Waals surface area contributed by atoms with Crippen LogP contribution in [-0.2, 0) is 16.8 Å². The summed E-state index contributed by atoms with van der Waals surface area (Å²) in [5, 5.41) is 10.8. The Kier molecular flexibility index (Phi) is 89.5. The average Bonchev–Trinajstić information content (AvgIpc) is 1.93. The molecule has 0 bridgehead atoms. The third-order valence-electron chi connectivity index (χ3n) is 0.418. The van der Waals surface area contributed by atoms with Crippen LogP contribution in [0.15, 0.2) is 0 Å². The Morgan fingerprint density at radius 3 is 0.593 bits per heavy atom. The predicted molar refractivity (Wildman–Crippen MR) is 42.4 cm³/mol. The third-order valence-corrected chi connectivity index (χ3v) is 0.418. The first-order valence-corrected chi connectivity index (χ1v) is 7.18. The Labute approximate surface area is 167 Å². The SMILES string of the molecule is CNC(C)O.O.O.O.O.O.O.[Co+3].[O-][Cl+3]([O-])([O-])[O-].[O-][Cl+3]([O-])([O-])[O-].[O-][Cl+3]([O-])([O-])[O-]. The van der Waals surface area contributed by atoms with Crippen LogP contribution >= 0.6 is 0 Å². The first kappa shape index (κ1) is 70.9. The van der Waals surface area contributed by atoms with Gasteiger partial charge in [-0.1, -0.05) is 0 Å². The van der Waals surface area contributed by atoms with Gasteiger partial charge in [0.2, 0.25) is 0 Å². The van der Waals surface area contributed by atoms with E-state index in [1.54, 1.807) is 14.0 Å². The van der Waals surface area contributed by atoms with E-state index in [0.29, 0.717) is 0 Å². The van der Waals surface area contributed by atoms with Gasteiger partial charge in [0.05, 0.1) is 0 Å². The number of rotatable bonds is 1. The van der Waals surface area contributed by atoms with E-state index in [0.717, 1.165) is 0 Å². The predicted octanol–water partition coefficient (Wildman–Crippen LogP) is -19.7. The molecule has 0 rings (SSSR count). The summed E-state index contributed by atoms with van der Waals surface area (Å²) in [5.41, 5.74) is 0. The minimum atomic E-state index is -4.94. The van der Waals surface area contributed by atoms with Crippen LogP contribution in [0.2, 0.25) is 0 Å². The molecule has 182 valence electrons. The van der Waals surface area contributed by atoms with E-state index >= 15 is 0 Å². The maximum atomic E-state index is 8.49. The van der Waals surface area contributed by atoms with Crippen molar-refractivity contribution in [3.63, 3.8) is 0 Å². The normalized spacial score (nSPS) is 9.44. The van der Waals surface area contributed by atoms with Gasteiger partial charge in [-0.15, -0.1) is 30.7 Å². The van der Waals surface area contributed by atoms with Crippen LogP contribution in [0.5, 0.6) is 0 Å². The van der Waals surface area contributed by atoms with Gasteiger partial charge < -0.3 is 38.0 Å². The second-order valence-electron chi connectivity index (χ2n) is 2.10. The fraction of sp³-hybridized carbons (Fsp3) is 1.00. The first-order chi connectivity index (χ1) is 8.27. The van der Waals surface area contributed by atoms with E-state index in [1.165, 1.54) is 0 Å². The van der Waals surface area contributed by atoms with Gasteiger partial charge in [0.1, 0.15) is 6.23 Å². The average molecular weight is 540 g/mol. The van der Waals surface area contributed by atoms with Gasteiger partial charge >= 0.3 is 16.8 Å². The zero-order chi connectivity index (χ0) is 17.8. The quantitative estimate of drug-likeness (QED) is 0.291. The minimum Gasteiger partial charge on any atom is -0.412 e. The number of aliphatic hydroxyl groups is 1. The molecule has 1 atom stereocenters. The van der Waals surface area contributed by atoms with Crippen molar-refractivity contribution in [2.45, 2.75) is 13.2 Å². The molecule has 14 N–H and O–H groups in total. The molecule has 0 saturated heterocycles. The largest absolute Gasteiger partial charge is 3.00 e. The van der Waals surface area contributed by atoms with Crippen molar-refractivity contribution < 1.29 is 141 Å². The molecule has 0 aliphatic carbocycles. The summed E-state index contributed by atoms with van der Waals surface area (Å²) in [6, 6.07) is 0. The number of hydrogen-bond donors (Lipinski definition) is 2. The van der Waals surface area contributed by atoms with Crippen LogP contribution in [0.1, 0.15) is 6.92 Å². The molecule has 27 heavy (non-hydrogen) atoms. The van der Waals surface area contributed by atoms with E-state index in [4.69, 9.17) is 61.0 Å². The molecule has 1 unspecified atom stereocenters. The van der Waals surface area contributed by atoms with Gasteiger partial charge in [0.15, 0.2) is 0 Å². The molecule has 0 aromatic carbocycles. The summed E-state index contributed by atoms with van der Waals surface area (Å²) in [4.78, 5) is 0. The summed E-state index contributed by atoms with van der Waals surface area (Å²) in [6.45, 7) is 1.67. The molecule has 0 aliphatic heterocycles. The molecule has 0 amide bonds. The summed E-state index contributed by atoms with van der Waals surface area (Å²) >= 11 is 0. The first-order valence-electron chi connectivity index (χ1n) is 3.48. The molecule has 0 spiro atoms. The second kappa shape index (κ2) is 34.1. The van der Waals surface area contributed by atoms with Gasteiger partial charge in [-0.3, -0.25) is 5.32 Å². The zero-order valence-electron chi connectivity index (χ0n) is 12.9. The number of aliphatic hydroxyl groups excluding tert-OH is 1.